The van der Waals surface area contributed by atoms with Gasteiger partial charge in [0.05, 0.1) is 11.7 Å². The molecule has 3 aromatic rings. The van der Waals surface area contributed by atoms with Crippen LogP contribution in [0.4, 0.5) is 0 Å². The summed E-state index contributed by atoms with van der Waals surface area (Å²) >= 11 is 1.62. The zero-order valence-electron chi connectivity index (χ0n) is 15.2. The Balaban J connectivity index is 1.45. The first-order chi connectivity index (χ1) is 12.7. The van der Waals surface area contributed by atoms with E-state index in [0.717, 1.165) is 16.4 Å². The SMILES string of the molecule is Cc1ccc(-c2nc(CSc3nnnn3C3CCCCC3)co2)c(C)c1. The first-order valence-corrected chi connectivity index (χ1v) is 10.1. The maximum absolute atomic E-state index is 5.70. The third-order valence-electron chi connectivity index (χ3n) is 4.90. The van der Waals surface area contributed by atoms with Crippen LogP contribution in [-0.2, 0) is 5.75 Å². The van der Waals surface area contributed by atoms with Crippen molar-refractivity contribution in [3.8, 4) is 11.5 Å². The normalized spacial score (nSPS) is 15.5. The lowest BCUT2D eigenvalue weighted by molar-refractivity contribution is 0.307. The molecular weight excluding hydrogens is 346 g/mol. The van der Waals surface area contributed by atoms with Gasteiger partial charge in [-0.25, -0.2) is 9.67 Å². The molecule has 2 heterocycles. The van der Waals surface area contributed by atoms with Gasteiger partial charge in [0, 0.05) is 11.3 Å². The molecule has 0 N–H and O–H groups in total. The molecule has 7 heteroatoms. The largest absolute Gasteiger partial charge is 0.444 e. The van der Waals surface area contributed by atoms with Crippen LogP contribution in [0.2, 0.25) is 0 Å². The number of rotatable bonds is 5. The van der Waals surface area contributed by atoms with Crippen molar-refractivity contribution in [3.05, 3.63) is 41.3 Å². The van der Waals surface area contributed by atoms with E-state index < -0.39 is 0 Å². The molecule has 1 aliphatic carbocycles. The highest BCUT2D eigenvalue weighted by Crippen LogP contribution is 2.31. The van der Waals surface area contributed by atoms with Crippen LogP contribution < -0.4 is 0 Å². The Labute approximate surface area is 157 Å². The first kappa shape index (κ1) is 17.3. The van der Waals surface area contributed by atoms with Gasteiger partial charge < -0.3 is 4.42 Å². The zero-order chi connectivity index (χ0) is 17.9. The van der Waals surface area contributed by atoms with Crippen molar-refractivity contribution in [3.63, 3.8) is 0 Å². The summed E-state index contributed by atoms with van der Waals surface area (Å²) < 4.78 is 7.70. The predicted octanol–water partition coefficient (Wildman–Crippen LogP) is 4.74. The molecule has 0 unspecified atom stereocenters. The van der Waals surface area contributed by atoms with Gasteiger partial charge >= 0.3 is 0 Å². The van der Waals surface area contributed by atoms with Crippen molar-refractivity contribution in [2.45, 2.75) is 62.9 Å². The van der Waals surface area contributed by atoms with Crippen LogP contribution in [-0.4, -0.2) is 25.2 Å². The van der Waals surface area contributed by atoms with Crippen molar-refractivity contribution >= 4 is 11.8 Å². The van der Waals surface area contributed by atoms with Gasteiger partial charge in [-0.05, 0) is 48.7 Å². The molecule has 0 atom stereocenters. The fraction of sp³-hybridized carbons (Fsp3) is 0.474. The number of benzene rings is 1. The van der Waals surface area contributed by atoms with E-state index in [2.05, 4.69) is 52.6 Å². The lowest BCUT2D eigenvalue weighted by atomic mass is 9.96. The molecule has 0 amide bonds. The molecule has 1 aromatic carbocycles. The van der Waals surface area contributed by atoms with E-state index in [9.17, 15) is 0 Å². The van der Waals surface area contributed by atoms with E-state index >= 15 is 0 Å². The molecule has 0 saturated heterocycles. The first-order valence-electron chi connectivity index (χ1n) is 9.13. The Bertz CT molecular complexity index is 882. The van der Waals surface area contributed by atoms with Crippen LogP contribution in [0.15, 0.2) is 34.0 Å². The van der Waals surface area contributed by atoms with Gasteiger partial charge in [0.15, 0.2) is 0 Å². The van der Waals surface area contributed by atoms with Crippen molar-refractivity contribution in [2.75, 3.05) is 0 Å². The standard InChI is InChI=1S/C19H23N5OS/c1-13-8-9-17(14(2)10-13)18-20-15(11-25-18)12-26-19-21-22-23-24(19)16-6-4-3-5-7-16/h8-11,16H,3-7,12H2,1-2H3. The molecule has 0 radical (unpaired) electrons. The fourth-order valence-corrected chi connectivity index (χ4v) is 4.35. The topological polar surface area (TPSA) is 69.6 Å². The maximum Gasteiger partial charge on any atom is 0.226 e. The van der Waals surface area contributed by atoms with Crippen LogP contribution in [0.5, 0.6) is 0 Å². The number of tetrazole rings is 1. The molecule has 0 spiro atoms. The number of oxazole rings is 1. The van der Waals surface area contributed by atoms with E-state index in [1.165, 1.54) is 43.2 Å². The third-order valence-corrected chi connectivity index (χ3v) is 5.86. The minimum atomic E-state index is 0.435. The molecule has 1 saturated carbocycles. The summed E-state index contributed by atoms with van der Waals surface area (Å²) in [6.45, 7) is 4.17. The van der Waals surface area contributed by atoms with Gasteiger partial charge in [-0.2, -0.15) is 0 Å². The van der Waals surface area contributed by atoms with E-state index in [4.69, 9.17) is 4.42 Å². The van der Waals surface area contributed by atoms with Crippen LogP contribution >= 0.6 is 11.8 Å². The summed E-state index contributed by atoms with van der Waals surface area (Å²) in [4.78, 5) is 4.65. The molecule has 4 rings (SSSR count). The van der Waals surface area contributed by atoms with Crippen molar-refractivity contribution in [1.82, 2.24) is 25.2 Å². The van der Waals surface area contributed by atoms with E-state index in [0.29, 0.717) is 17.7 Å². The molecule has 0 bridgehead atoms. The van der Waals surface area contributed by atoms with Crippen LogP contribution in [0.1, 0.15) is 55.0 Å². The summed E-state index contributed by atoms with van der Waals surface area (Å²) in [5.74, 6) is 1.37. The van der Waals surface area contributed by atoms with Crippen LogP contribution in [0.25, 0.3) is 11.5 Å². The van der Waals surface area contributed by atoms with Crippen molar-refractivity contribution in [1.29, 1.82) is 0 Å². The minimum Gasteiger partial charge on any atom is -0.444 e. The Hall–Kier alpha value is -2.15. The molecule has 136 valence electrons. The Morgan fingerprint density at radius 1 is 1.19 bits per heavy atom. The van der Waals surface area contributed by atoms with Gasteiger partial charge in [0.25, 0.3) is 0 Å². The predicted molar refractivity (Wildman–Crippen MR) is 101 cm³/mol. The number of nitrogens with zero attached hydrogens (tertiary/aromatic N) is 5. The van der Waals surface area contributed by atoms with Crippen molar-refractivity contribution < 1.29 is 4.42 Å². The highest BCUT2D eigenvalue weighted by atomic mass is 32.2. The Morgan fingerprint density at radius 3 is 2.85 bits per heavy atom. The van der Waals surface area contributed by atoms with Gasteiger partial charge in [0.2, 0.25) is 11.0 Å². The second kappa shape index (κ2) is 7.61. The van der Waals surface area contributed by atoms with Gasteiger partial charge in [-0.1, -0.05) is 48.7 Å². The Kier molecular flexibility index (Phi) is 5.06. The van der Waals surface area contributed by atoms with E-state index in [-0.39, 0.29) is 0 Å². The third kappa shape index (κ3) is 3.67. The highest BCUT2D eigenvalue weighted by molar-refractivity contribution is 7.98. The molecular formula is C19H23N5OS. The van der Waals surface area contributed by atoms with E-state index in [1.807, 2.05) is 4.68 Å². The lowest BCUT2D eigenvalue weighted by Crippen LogP contribution is -2.15. The van der Waals surface area contributed by atoms with Gasteiger partial charge in [0.1, 0.15) is 6.26 Å². The molecule has 26 heavy (non-hydrogen) atoms. The van der Waals surface area contributed by atoms with Gasteiger partial charge in [-0.3, -0.25) is 0 Å². The summed E-state index contributed by atoms with van der Waals surface area (Å²) in [6.07, 6.45) is 7.91. The Morgan fingerprint density at radius 2 is 2.04 bits per heavy atom. The maximum atomic E-state index is 5.70. The highest BCUT2D eigenvalue weighted by Gasteiger charge is 2.20. The molecule has 1 aliphatic rings. The summed E-state index contributed by atoms with van der Waals surface area (Å²) in [5.41, 5.74) is 4.36. The average molecular weight is 369 g/mol. The summed E-state index contributed by atoms with van der Waals surface area (Å²) in [5, 5.41) is 13.2. The quantitative estimate of drug-likeness (QED) is 0.605. The second-order valence-electron chi connectivity index (χ2n) is 6.95. The van der Waals surface area contributed by atoms with Crippen molar-refractivity contribution in [2.24, 2.45) is 0 Å². The average Bonchev–Trinajstić information content (AvgIpc) is 3.30. The van der Waals surface area contributed by atoms with Crippen LogP contribution in [0.3, 0.4) is 0 Å². The number of hydrogen-bond acceptors (Lipinski definition) is 6. The molecule has 0 aliphatic heterocycles. The summed E-state index contributed by atoms with van der Waals surface area (Å²) in [7, 11) is 0. The zero-order valence-corrected chi connectivity index (χ0v) is 16.0. The minimum absolute atomic E-state index is 0.435. The smallest absolute Gasteiger partial charge is 0.226 e. The molecule has 1 fully saturated rings. The van der Waals surface area contributed by atoms with E-state index in [1.54, 1.807) is 18.0 Å². The second-order valence-corrected chi connectivity index (χ2v) is 7.89. The molecule has 2 aromatic heterocycles. The fourth-order valence-electron chi connectivity index (χ4n) is 3.52. The number of aromatic nitrogens is 5. The van der Waals surface area contributed by atoms with Gasteiger partial charge in [-0.15, -0.1) is 5.10 Å². The number of aryl methyl sites for hydroxylation is 2. The number of hydrogen-bond donors (Lipinski definition) is 0. The molecule has 6 nitrogen and oxygen atoms in total. The summed E-state index contributed by atoms with van der Waals surface area (Å²) in [6, 6.07) is 6.73. The monoisotopic (exact) mass is 369 g/mol. The number of thioether (sulfide) groups is 1. The lowest BCUT2D eigenvalue weighted by Gasteiger charge is -2.21. The van der Waals surface area contributed by atoms with Crippen LogP contribution in [0, 0.1) is 13.8 Å².